The predicted octanol–water partition coefficient (Wildman–Crippen LogP) is 6.74. The Morgan fingerprint density at radius 1 is 0.618 bits per heavy atom. The summed E-state index contributed by atoms with van der Waals surface area (Å²) < 4.78 is 17.4. The van der Waals surface area contributed by atoms with Crippen LogP contribution in [0.2, 0.25) is 0 Å². The van der Waals surface area contributed by atoms with E-state index >= 15 is 0 Å². The minimum absolute atomic E-state index is 1.08. The molecule has 0 spiro atoms. The Kier molecular flexibility index (Phi) is 14.3. The van der Waals surface area contributed by atoms with Gasteiger partial charge in [0, 0.05) is 9.13 Å². The molecule has 3 aromatic rings. The van der Waals surface area contributed by atoms with Gasteiger partial charge >= 0.3 is 16.5 Å². The summed E-state index contributed by atoms with van der Waals surface area (Å²) >= 11 is 0. The van der Waals surface area contributed by atoms with E-state index in [2.05, 4.69) is 87.5 Å². The summed E-state index contributed by atoms with van der Waals surface area (Å²) in [5.74, 6) is 0. The van der Waals surface area contributed by atoms with E-state index in [0.717, 1.165) is 12.8 Å². The van der Waals surface area contributed by atoms with Crippen molar-refractivity contribution in [2.45, 2.75) is 52.9 Å². The summed E-state index contributed by atoms with van der Waals surface area (Å²) in [6, 6.07) is 24.5. The molecule has 0 saturated carbocycles. The molecule has 182 valence electrons. The summed E-state index contributed by atoms with van der Waals surface area (Å²) in [4.78, 5) is 28.5. The number of benzene rings is 3. The number of hydrogen-bond acceptors (Lipinski definition) is 2. The van der Waals surface area contributed by atoms with E-state index in [-0.39, 0.29) is 0 Å². The first-order valence-electron chi connectivity index (χ1n) is 11.2. The first-order chi connectivity index (χ1) is 16.2. The van der Waals surface area contributed by atoms with Gasteiger partial charge in [0.15, 0.2) is 0 Å². The highest BCUT2D eigenvalue weighted by Crippen LogP contribution is 2.34. The maximum absolute atomic E-state index is 8.70. The van der Waals surface area contributed by atoms with Gasteiger partial charge in [0.25, 0.3) is 0 Å². The quantitative estimate of drug-likeness (QED) is 0.265. The first-order valence-corrected chi connectivity index (χ1v) is 13.6. The summed E-state index contributed by atoms with van der Waals surface area (Å²) in [5.41, 5.74) is 9.97. The Morgan fingerprint density at radius 3 is 1.53 bits per heavy atom. The maximum Gasteiger partial charge on any atom is 0.692 e. The van der Waals surface area contributed by atoms with E-state index in [1.165, 1.54) is 52.6 Å². The lowest BCUT2D eigenvalue weighted by Gasteiger charge is -2.19. The van der Waals surface area contributed by atoms with E-state index in [0.29, 0.717) is 0 Å². The van der Waals surface area contributed by atoms with Gasteiger partial charge < -0.3 is 0 Å². The average Bonchev–Trinajstić information content (AvgIpc) is 2.82. The van der Waals surface area contributed by atoms with Crippen molar-refractivity contribution < 1.29 is 28.7 Å². The van der Waals surface area contributed by atoms with Crippen molar-refractivity contribution in [2.24, 2.45) is 0 Å². The van der Waals surface area contributed by atoms with Crippen LogP contribution in [0.3, 0.4) is 0 Å². The monoisotopic (exact) mass is 504 g/mol. The van der Waals surface area contributed by atoms with Crippen LogP contribution in [0, 0.1) is 0 Å². The van der Waals surface area contributed by atoms with Crippen molar-refractivity contribution in [3.8, 4) is 22.3 Å². The van der Waals surface area contributed by atoms with Crippen LogP contribution in [-0.4, -0.2) is 19.6 Å². The molecule has 0 unspecified atom stereocenters. The Hall–Kier alpha value is -2.30. The third kappa shape index (κ3) is 10.3. The predicted molar refractivity (Wildman–Crippen MR) is 139 cm³/mol. The van der Waals surface area contributed by atoms with Gasteiger partial charge in [-0.1, -0.05) is 93.9 Å². The zero-order valence-corrected chi connectivity index (χ0v) is 21.7. The lowest BCUT2D eigenvalue weighted by atomic mass is 9.86. The normalized spacial score (nSPS) is 9.85. The second kappa shape index (κ2) is 16.3. The van der Waals surface area contributed by atoms with Crippen molar-refractivity contribution in [3.05, 3.63) is 83.4 Å². The van der Waals surface area contributed by atoms with Gasteiger partial charge in [0.05, 0.1) is 0 Å². The second-order valence-electron chi connectivity index (χ2n) is 7.50. The summed E-state index contributed by atoms with van der Waals surface area (Å²) in [5, 5.41) is 0. The van der Waals surface area contributed by atoms with E-state index in [4.69, 9.17) is 28.7 Å². The zero-order chi connectivity index (χ0) is 25.5. The fourth-order valence-corrected chi connectivity index (χ4v) is 3.82. The molecule has 3 rings (SSSR count). The molecule has 0 fully saturated rings. The average molecular weight is 505 g/mol. The fraction of sp³-hybridized carbons (Fsp3) is 0.308. The molecular formula is C26H34O6P2+2. The molecule has 0 heterocycles. The molecule has 4 N–H and O–H groups in total. The summed E-state index contributed by atoms with van der Waals surface area (Å²) in [6.07, 6.45) is 5.88. The molecule has 0 saturated heterocycles. The van der Waals surface area contributed by atoms with Crippen molar-refractivity contribution in [1.29, 1.82) is 0 Å². The van der Waals surface area contributed by atoms with Crippen molar-refractivity contribution in [2.75, 3.05) is 0 Å². The van der Waals surface area contributed by atoms with Gasteiger partial charge in [-0.05, 0) is 64.6 Å². The van der Waals surface area contributed by atoms with E-state index in [1.54, 1.807) is 5.56 Å². The highest BCUT2D eigenvalue weighted by atomic mass is 31.1. The van der Waals surface area contributed by atoms with E-state index < -0.39 is 16.5 Å². The number of hydrogen-bond donors (Lipinski definition) is 4. The molecule has 0 aliphatic carbocycles. The highest BCUT2D eigenvalue weighted by Gasteiger charge is 2.13. The third-order valence-electron chi connectivity index (χ3n) is 5.32. The van der Waals surface area contributed by atoms with Crippen LogP contribution in [0.1, 0.15) is 50.3 Å². The van der Waals surface area contributed by atoms with Crippen molar-refractivity contribution in [3.63, 3.8) is 0 Å². The number of rotatable bonds is 7. The molecule has 0 bridgehead atoms. The lowest BCUT2D eigenvalue weighted by Crippen LogP contribution is -2.01. The summed E-state index contributed by atoms with van der Waals surface area (Å²) in [7, 11) is -5.74. The van der Waals surface area contributed by atoms with Gasteiger partial charge in [-0.2, -0.15) is 0 Å². The molecule has 34 heavy (non-hydrogen) atoms. The lowest BCUT2D eigenvalue weighted by molar-refractivity contribution is 0.403. The van der Waals surface area contributed by atoms with Crippen LogP contribution in [0.4, 0.5) is 0 Å². The fourth-order valence-electron chi connectivity index (χ4n) is 3.82. The van der Waals surface area contributed by atoms with Crippen LogP contribution in [0.15, 0.2) is 66.7 Å². The molecule has 0 aliphatic heterocycles. The molecule has 0 atom stereocenters. The van der Waals surface area contributed by atoms with Gasteiger partial charge in [-0.3, -0.25) is 0 Å². The topological polar surface area (TPSA) is 115 Å². The van der Waals surface area contributed by atoms with Crippen LogP contribution in [0.25, 0.3) is 22.3 Å². The minimum Gasteiger partial charge on any atom is -0.134 e. The number of unbranched alkanes of at least 4 members (excludes halogenated alkanes) is 1. The first kappa shape index (κ1) is 29.7. The van der Waals surface area contributed by atoms with Gasteiger partial charge in [0.2, 0.25) is 0 Å². The second-order valence-corrected chi connectivity index (χ2v) is 8.51. The van der Waals surface area contributed by atoms with Crippen molar-refractivity contribution >= 4 is 16.5 Å². The minimum atomic E-state index is -2.87. The summed E-state index contributed by atoms with van der Waals surface area (Å²) in [6.45, 7) is 6.83. The highest BCUT2D eigenvalue weighted by molar-refractivity contribution is 7.31. The van der Waals surface area contributed by atoms with E-state index in [1.807, 2.05) is 0 Å². The SMILES string of the molecule is CCCCc1c(CC)ccc(CC)c1-c1ccc(-c2ccccc2)cc1.O=[P+](O)O.O=[P+](O)O. The van der Waals surface area contributed by atoms with Gasteiger partial charge in [-0.15, -0.1) is 19.6 Å². The maximum atomic E-state index is 8.70. The Balaban J connectivity index is 0.000000629. The van der Waals surface area contributed by atoms with Crippen LogP contribution >= 0.6 is 16.5 Å². The van der Waals surface area contributed by atoms with E-state index in [9.17, 15) is 0 Å². The van der Waals surface area contributed by atoms with Crippen LogP contribution < -0.4 is 0 Å². The molecule has 8 heteroatoms. The molecule has 0 aliphatic rings. The van der Waals surface area contributed by atoms with Crippen molar-refractivity contribution in [1.82, 2.24) is 0 Å². The zero-order valence-electron chi connectivity index (χ0n) is 19.9. The molecule has 6 nitrogen and oxygen atoms in total. The van der Waals surface area contributed by atoms with Crippen LogP contribution in [0.5, 0.6) is 0 Å². The third-order valence-corrected chi connectivity index (χ3v) is 5.32. The molecular weight excluding hydrogens is 470 g/mol. The molecule has 0 amide bonds. The van der Waals surface area contributed by atoms with Gasteiger partial charge in [0.1, 0.15) is 0 Å². The molecule has 3 aromatic carbocycles. The van der Waals surface area contributed by atoms with Gasteiger partial charge in [-0.25, -0.2) is 0 Å². The molecule has 0 radical (unpaired) electrons. The Bertz CT molecular complexity index is 1020. The Morgan fingerprint density at radius 2 is 1.06 bits per heavy atom. The van der Waals surface area contributed by atoms with Crippen LogP contribution in [-0.2, 0) is 28.4 Å². The molecule has 0 aromatic heterocycles. The number of aryl methyl sites for hydroxylation is 2. The smallest absolute Gasteiger partial charge is 0.134 e. The Labute approximate surface area is 203 Å². The largest absolute Gasteiger partial charge is 0.692 e. The standard InChI is InChI=1S/C26H30.2HO3P/c1-4-7-13-25-20(5-2)14-15-21(6-3)26(25)24-18-16-23(17-19-24)22-11-9-8-10-12-22;2*1-4(2)3/h8-12,14-19H,4-7,13H2,1-3H3;2*(H-,1,2,3)/p+2.